The van der Waals surface area contributed by atoms with E-state index in [9.17, 15) is 0 Å². The number of hydrogen-bond donors (Lipinski definition) is 1. The van der Waals surface area contributed by atoms with Crippen molar-refractivity contribution >= 4 is 12.4 Å². The molecule has 1 saturated heterocycles. The fraction of sp³-hybridized carbons (Fsp3) is 0.550. The summed E-state index contributed by atoms with van der Waals surface area (Å²) in [4.78, 5) is 4.89. The molecule has 0 radical (unpaired) electrons. The van der Waals surface area contributed by atoms with Crippen LogP contribution in [-0.4, -0.2) is 36.9 Å². The standard InChI is InChI=1S/C20H27N3O2.ClH/c1-24-18-5-3-15(11-19(18)25-2)17-13-23-12-16(4-6-20(23)22-17)14-7-9-21-10-8-14;/h3,5,11,13-14,16,21H,4,6-10,12H2,1-2H3;1H. The first kappa shape index (κ1) is 19.1. The van der Waals surface area contributed by atoms with Crippen molar-refractivity contribution in [1.82, 2.24) is 14.9 Å². The number of ether oxygens (including phenoxy) is 2. The monoisotopic (exact) mass is 377 g/mol. The largest absolute Gasteiger partial charge is 0.493 e. The molecule has 5 nitrogen and oxygen atoms in total. The zero-order chi connectivity index (χ0) is 17.2. The van der Waals surface area contributed by atoms with Crippen LogP contribution < -0.4 is 14.8 Å². The lowest BCUT2D eigenvalue weighted by molar-refractivity contribution is 0.205. The van der Waals surface area contributed by atoms with Gasteiger partial charge in [-0.15, -0.1) is 12.4 Å². The lowest BCUT2D eigenvalue weighted by Crippen LogP contribution is -2.35. The van der Waals surface area contributed by atoms with E-state index in [2.05, 4.69) is 22.1 Å². The van der Waals surface area contributed by atoms with Gasteiger partial charge in [-0.2, -0.15) is 0 Å². The number of nitrogens with zero attached hydrogens (tertiary/aromatic N) is 2. The summed E-state index contributed by atoms with van der Waals surface area (Å²) in [5.74, 6) is 4.37. The summed E-state index contributed by atoms with van der Waals surface area (Å²) in [6, 6.07) is 6.02. The van der Waals surface area contributed by atoms with E-state index in [4.69, 9.17) is 14.5 Å². The Balaban J connectivity index is 0.00000196. The Labute approximate surface area is 161 Å². The van der Waals surface area contributed by atoms with Gasteiger partial charge in [0.05, 0.1) is 19.9 Å². The van der Waals surface area contributed by atoms with Gasteiger partial charge in [0.15, 0.2) is 11.5 Å². The van der Waals surface area contributed by atoms with E-state index in [1.165, 1.54) is 38.2 Å². The minimum Gasteiger partial charge on any atom is -0.493 e. The predicted octanol–water partition coefficient (Wildman–Crippen LogP) is 3.55. The molecule has 142 valence electrons. The van der Waals surface area contributed by atoms with E-state index in [-0.39, 0.29) is 12.4 Å². The fourth-order valence-electron chi connectivity index (χ4n) is 4.31. The van der Waals surface area contributed by atoms with Crippen LogP contribution in [0.2, 0.25) is 0 Å². The number of piperidine rings is 1. The predicted molar refractivity (Wildman–Crippen MR) is 105 cm³/mol. The highest BCUT2D eigenvalue weighted by molar-refractivity contribution is 5.85. The second kappa shape index (κ2) is 8.31. The Morgan fingerprint density at radius 2 is 1.81 bits per heavy atom. The lowest BCUT2D eigenvalue weighted by Gasteiger charge is -2.33. The van der Waals surface area contributed by atoms with Crippen molar-refractivity contribution in [2.45, 2.75) is 32.2 Å². The number of nitrogens with one attached hydrogen (secondary N) is 1. The Hall–Kier alpha value is -1.72. The number of aryl methyl sites for hydroxylation is 1. The number of methoxy groups -OCH3 is 2. The van der Waals surface area contributed by atoms with Gasteiger partial charge in [0.1, 0.15) is 5.82 Å². The van der Waals surface area contributed by atoms with Gasteiger partial charge in [-0.1, -0.05) is 0 Å². The van der Waals surface area contributed by atoms with E-state index in [0.717, 1.165) is 47.6 Å². The molecule has 1 aromatic carbocycles. The molecule has 1 unspecified atom stereocenters. The van der Waals surface area contributed by atoms with Crippen LogP contribution in [0.5, 0.6) is 11.5 Å². The van der Waals surface area contributed by atoms with Gasteiger partial charge in [0, 0.05) is 24.7 Å². The van der Waals surface area contributed by atoms with Crippen molar-refractivity contribution in [3.05, 3.63) is 30.2 Å². The first-order chi connectivity index (χ1) is 12.3. The summed E-state index contributed by atoms with van der Waals surface area (Å²) in [5, 5.41) is 3.48. The van der Waals surface area contributed by atoms with E-state index < -0.39 is 0 Å². The van der Waals surface area contributed by atoms with E-state index in [1.807, 2.05) is 12.1 Å². The smallest absolute Gasteiger partial charge is 0.161 e. The minimum absolute atomic E-state index is 0. The number of fused-ring (bicyclic) bond motifs is 1. The molecule has 1 atom stereocenters. The van der Waals surface area contributed by atoms with Crippen molar-refractivity contribution in [2.75, 3.05) is 27.3 Å². The first-order valence-corrected chi connectivity index (χ1v) is 9.27. The summed E-state index contributed by atoms with van der Waals surface area (Å²) >= 11 is 0. The van der Waals surface area contributed by atoms with E-state index >= 15 is 0 Å². The molecule has 2 aromatic rings. The van der Waals surface area contributed by atoms with Crippen LogP contribution in [0.3, 0.4) is 0 Å². The molecule has 0 amide bonds. The summed E-state index contributed by atoms with van der Waals surface area (Å²) < 4.78 is 13.1. The van der Waals surface area contributed by atoms with Gasteiger partial charge >= 0.3 is 0 Å². The Morgan fingerprint density at radius 1 is 1.04 bits per heavy atom. The summed E-state index contributed by atoms with van der Waals surface area (Å²) in [6.45, 7) is 3.46. The van der Waals surface area contributed by atoms with Crippen molar-refractivity contribution in [3.63, 3.8) is 0 Å². The maximum atomic E-state index is 5.43. The van der Waals surface area contributed by atoms with Gasteiger partial charge in [-0.3, -0.25) is 0 Å². The average Bonchev–Trinajstić information content (AvgIpc) is 3.11. The molecule has 0 aliphatic carbocycles. The second-order valence-electron chi connectivity index (χ2n) is 7.15. The molecular weight excluding hydrogens is 350 g/mol. The number of rotatable bonds is 4. The van der Waals surface area contributed by atoms with Crippen molar-refractivity contribution in [2.24, 2.45) is 11.8 Å². The number of aromatic nitrogens is 2. The van der Waals surface area contributed by atoms with Crippen LogP contribution >= 0.6 is 12.4 Å². The third kappa shape index (κ3) is 3.69. The molecule has 2 aliphatic rings. The van der Waals surface area contributed by atoms with Crippen LogP contribution in [0.15, 0.2) is 24.4 Å². The summed E-state index contributed by atoms with van der Waals surface area (Å²) in [5.41, 5.74) is 2.11. The van der Waals surface area contributed by atoms with Gasteiger partial charge in [0.25, 0.3) is 0 Å². The number of halogens is 1. The van der Waals surface area contributed by atoms with Gasteiger partial charge in [-0.05, 0) is 62.4 Å². The maximum absolute atomic E-state index is 5.43. The van der Waals surface area contributed by atoms with Gasteiger partial charge in [-0.25, -0.2) is 4.98 Å². The number of imidazole rings is 1. The molecule has 0 bridgehead atoms. The first-order valence-electron chi connectivity index (χ1n) is 9.27. The highest BCUT2D eigenvalue weighted by Crippen LogP contribution is 2.35. The molecular formula is C20H28ClN3O2. The van der Waals surface area contributed by atoms with Gasteiger partial charge in [0.2, 0.25) is 0 Å². The third-order valence-electron chi connectivity index (χ3n) is 5.76. The van der Waals surface area contributed by atoms with Crippen LogP contribution in [0.25, 0.3) is 11.3 Å². The zero-order valence-corrected chi connectivity index (χ0v) is 16.3. The summed E-state index contributed by atoms with van der Waals surface area (Å²) in [6.07, 6.45) is 7.20. The maximum Gasteiger partial charge on any atom is 0.161 e. The van der Waals surface area contributed by atoms with E-state index in [0.29, 0.717) is 0 Å². The SMILES string of the molecule is COc1ccc(-c2cn3c(n2)CCC(C2CCNCC2)C3)cc1OC.Cl. The topological polar surface area (TPSA) is 48.3 Å². The van der Waals surface area contributed by atoms with Crippen molar-refractivity contribution < 1.29 is 9.47 Å². The highest BCUT2D eigenvalue weighted by Gasteiger charge is 2.28. The fourth-order valence-corrected chi connectivity index (χ4v) is 4.31. The van der Waals surface area contributed by atoms with Crippen LogP contribution in [0.1, 0.15) is 25.1 Å². The molecule has 6 heteroatoms. The minimum atomic E-state index is 0. The van der Waals surface area contributed by atoms with Crippen LogP contribution in [0, 0.1) is 11.8 Å². The third-order valence-corrected chi connectivity index (χ3v) is 5.76. The average molecular weight is 378 g/mol. The molecule has 4 rings (SSSR count). The second-order valence-corrected chi connectivity index (χ2v) is 7.15. The molecule has 1 fully saturated rings. The molecule has 1 N–H and O–H groups in total. The Bertz CT molecular complexity index is 741. The zero-order valence-electron chi connectivity index (χ0n) is 15.5. The number of hydrogen-bond acceptors (Lipinski definition) is 4. The highest BCUT2D eigenvalue weighted by atomic mass is 35.5. The summed E-state index contributed by atoms with van der Waals surface area (Å²) in [7, 11) is 3.33. The van der Waals surface area contributed by atoms with Crippen molar-refractivity contribution in [1.29, 1.82) is 0 Å². The van der Waals surface area contributed by atoms with Crippen molar-refractivity contribution in [3.8, 4) is 22.8 Å². The number of benzene rings is 1. The lowest BCUT2D eigenvalue weighted by atomic mass is 9.81. The molecule has 2 aliphatic heterocycles. The molecule has 3 heterocycles. The van der Waals surface area contributed by atoms with E-state index in [1.54, 1.807) is 14.2 Å². The quantitative estimate of drug-likeness (QED) is 0.885. The van der Waals surface area contributed by atoms with Crippen LogP contribution in [0.4, 0.5) is 0 Å². The van der Waals surface area contributed by atoms with Crippen LogP contribution in [-0.2, 0) is 13.0 Å². The molecule has 0 spiro atoms. The normalized spacial score (nSPS) is 20.2. The van der Waals surface area contributed by atoms with Gasteiger partial charge < -0.3 is 19.4 Å². The molecule has 0 saturated carbocycles. The molecule has 26 heavy (non-hydrogen) atoms. The molecule has 1 aromatic heterocycles. The Kier molecular flexibility index (Phi) is 6.09. The Morgan fingerprint density at radius 3 is 2.54 bits per heavy atom.